The van der Waals surface area contributed by atoms with Crippen LogP contribution >= 0.6 is 0 Å². The molecule has 0 aromatic rings. The third-order valence-electron chi connectivity index (χ3n) is 3.12. The van der Waals surface area contributed by atoms with Crippen molar-refractivity contribution in [2.45, 2.75) is 51.6 Å². The lowest BCUT2D eigenvalue weighted by Crippen LogP contribution is -2.39. The summed E-state index contributed by atoms with van der Waals surface area (Å²) in [6, 6.07) is 0. The maximum atomic E-state index is 6.08. The Morgan fingerprint density at radius 2 is 1.93 bits per heavy atom. The summed E-state index contributed by atoms with van der Waals surface area (Å²) in [5.41, 5.74) is 0.170. The van der Waals surface area contributed by atoms with Gasteiger partial charge in [0.2, 0.25) is 0 Å². The second kappa shape index (κ2) is 5.72. The Bertz CT molecular complexity index is 150. The highest BCUT2D eigenvalue weighted by atomic mass is 16.5. The Morgan fingerprint density at radius 1 is 1.29 bits per heavy atom. The van der Waals surface area contributed by atoms with Gasteiger partial charge in [-0.2, -0.15) is 0 Å². The van der Waals surface area contributed by atoms with Crippen molar-refractivity contribution in [3.05, 3.63) is 0 Å². The predicted molar refractivity (Wildman–Crippen MR) is 60.5 cm³/mol. The Balaban J connectivity index is 2.28. The molecule has 0 aromatic heterocycles. The zero-order chi connectivity index (χ0) is 10.4. The van der Waals surface area contributed by atoms with Crippen LogP contribution in [0.1, 0.15) is 46.0 Å². The van der Waals surface area contributed by atoms with Crippen molar-refractivity contribution in [3.8, 4) is 0 Å². The minimum absolute atomic E-state index is 0.170. The maximum Gasteiger partial charge on any atom is 0.0806 e. The Hall–Kier alpha value is -0.0800. The number of likely N-dealkylation sites (N-methyl/N-ethyl adjacent to an activating group) is 1. The Kier molecular flexibility index (Phi) is 4.90. The minimum Gasteiger partial charge on any atom is -0.374 e. The van der Waals surface area contributed by atoms with Crippen LogP contribution in [0, 0.1) is 5.92 Å². The van der Waals surface area contributed by atoms with Crippen molar-refractivity contribution in [1.29, 1.82) is 0 Å². The monoisotopic (exact) mass is 199 g/mol. The topological polar surface area (TPSA) is 21.3 Å². The Labute approximate surface area is 88.4 Å². The van der Waals surface area contributed by atoms with Crippen LogP contribution in [-0.2, 0) is 4.74 Å². The summed E-state index contributed by atoms with van der Waals surface area (Å²) >= 11 is 0. The summed E-state index contributed by atoms with van der Waals surface area (Å²) in [5, 5.41) is 3.26. The molecular formula is C12H25NO. The zero-order valence-electron chi connectivity index (χ0n) is 9.94. The lowest BCUT2D eigenvalue weighted by atomic mass is 10.0. The van der Waals surface area contributed by atoms with Crippen molar-refractivity contribution in [3.63, 3.8) is 0 Å². The van der Waals surface area contributed by atoms with Crippen LogP contribution in [0.25, 0.3) is 0 Å². The fourth-order valence-electron chi connectivity index (χ4n) is 2.22. The molecule has 2 nitrogen and oxygen atoms in total. The zero-order valence-corrected chi connectivity index (χ0v) is 9.94. The second-order valence-electron chi connectivity index (χ2n) is 4.95. The van der Waals surface area contributed by atoms with Gasteiger partial charge in [-0.25, -0.2) is 0 Å². The lowest BCUT2D eigenvalue weighted by Gasteiger charge is -2.29. The van der Waals surface area contributed by atoms with E-state index in [1.807, 2.05) is 7.05 Å². The van der Waals surface area contributed by atoms with Gasteiger partial charge in [0, 0.05) is 13.2 Å². The van der Waals surface area contributed by atoms with Crippen molar-refractivity contribution >= 4 is 0 Å². The molecule has 1 saturated carbocycles. The normalized spacial score (nSPS) is 20.6. The van der Waals surface area contributed by atoms with Gasteiger partial charge in [0.05, 0.1) is 5.60 Å². The van der Waals surface area contributed by atoms with Gasteiger partial charge in [0.15, 0.2) is 0 Å². The summed E-state index contributed by atoms with van der Waals surface area (Å²) < 4.78 is 6.08. The number of ether oxygens (including phenoxy) is 1. The molecule has 0 atom stereocenters. The molecule has 2 heteroatoms. The highest BCUT2D eigenvalue weighted by Gasteiger charge is 2.33. The molecule has 0 saturated heterocycles. The number of nitrogens with one attached hydrogen (secondary N) is 1. The summed E-state index contributed by atoms with van der Waals surface area (Å²) in [4.78, 5) is 0. The molecule has 1 rings (SSSR count). The van der Waals surface area contributed by atoms with E-state index in [1.165, 1.54) is 32.1 Å². The van der Waals surface area contributed by atoms with Gasteiger partial charge < -0.3 is 10.1 Å². The van der Waals surface area contributed by atoms with Crippen molar-refractivity contribution in [1.82, 2.24) is 5.32 Å². The lowest BCUT2D eigenvalue weighted by molar-refractivity contribution is -0.0421. The number of hydrogen-bond donors (Lipinski definition) is 1. The molecule has 84 valence electrons. The molecule has 1 aliphatic carbocycles. The van der Waals surface area contributed by atoms with E-state index in [2.05, 4.69) is 19.2 Å². The first-order valence-corrected chi connectivity index (χ1v) is 5.97. The second-order valence-corrected chi connectivity index (χ2v) is 4.95. The molecule has 1 fully saturated rings. The van der Waals surface area contributed by atoms with E-state index in [1.54, 1.807) is 0 Å². The van der Waals surface area contributed by atoms with Gasteiger partial charge in [0.1, 0.15) is 0 Å². The minimum atomic E-state index is 0.170. The quantitative estimate of drug-likeness (QED) is 0.710. The van der Waals surface area contributed by atoms with Gasteiger partial charge in [-0.15, -0.1) is 0 Å². The summed E-state index contributed by atoms with van der Waals surface area (Å²) in [7, 11) is 2.02. The molecule has 0 aliphatic heterocycles. The third-order valence-corrected chi connectivity index (χ3v) is 3.12. The predicted octanol–water partition coefficient (Wildman–Crippen LogP) is 2.58. The SMILES string of the molecule is CNCC1(OCCC(C)C)CCCC1. The van der Waals surface area contributed by atoms with E-state index in [0.717, 1.165) is 19.1 Å². The molecule has 1 aliphatic rings. The molecule has 14 heavy (non-hydrogen) atoms. The van der Waals surface area contributed by atoms with E-state index < -0.39 is 0 Å². The molecule has 0 heterocycles. The third kappa shape index (κ3) is 3.58. The summed E-state index contributed by atoms with van der Waals surface area (Å²) in [5.74, 6) is 0.753. The van der Waals surface area contributed by atoms with Gasteiger partial charge >= 0.3 is 0 Å². The van der Waals surface area contributed by atoms with Crippen LogP contribution in [0.2, 0.25) is 0 Å². The van der Waals surface area contributed by atoms with Crippen LogP contribution in [0.15, 0.2) is 0 Å². The smallest absolute Gasteiger partial charge is 0.0806 e. The van der Waals surface area contributed by atoms with Gasteiger partial charge in [-0.1, -0.05) is 26.7 Å². The molecular weight excluding hydrogens is 174 g/mol. The average molecular weight is 199 g/mol. The van der Waals surface area contributed by atoms with Crippen molar-refractivity contribution < 1.29 is 4.74 Å². The highest BCUT2D eigenvalue weighted by Crippen LogP contribution is 2.32. The van der Waals surface area contributed by atoms with E-state index in [0.29, 0.717) is 0 Å². The Morgan fingerprint density at radius 3 is 2.43 bits per heavy atom. The van der Waals surface area contributed by atoms with E-state index in [4.69, 9.17) is 4.74 Å². The fraction of sp³-hybridized carbons (Fsp3) is 1.00. The molecule has 0 aromatic carbocycles. The summed E-state index contributed by atoms with van der Waals surface area (Å²) in [6.07, 6.45) is 6.34. The van der Waals surface area contributed by atoms with Crippen LogP contribution in [-0.4, -0.2) is 25.8 Å². The van der Waals surface area contributed by atoms with Gasteiger partial charge in [-0.05, 0) is 32.2 Å². The van der Waals surface area contributed by atoms with Crippen molar-refractivity contribution in [2.75, 3.05) is 20.2 Å². The molecule has 1 N–H and O–H groups in total. The molecule has 0 bridgehead atoms. The van der Waals surface area contributed by atoms with Crippen LogP contribution in [0.4, 0.5) is 0 Å². The molecule has 0 unspecified atom stereocenters. The maximum absolute atomic E-state index is 6.08. The van der Waals surface area contributed by atoms with Crippen LogP contribution in [0.3, 0.4) is 0 Å². The number of rotatable bonds is 6. The fourth-order valence-corrected chi connectivity index (χ4v) is 2.22. The number of hydrogen-bond acceptors (Lipinski definition) is 2. The van der Waals surface area contributed by atoms with Gasteiger partial charge in [-0.3, -0.25) is 0 Å². The van der Waals surface area contributed by atoms with Gasteiger partial charge in [0.25, 0.3) is 0 Å². The average Bonchev–Trinajstić information content (AvgIpc) is 2.53. The van der Waals surface area contributed by atoms with E-state index in [9.17, 15) is 0 Å². The molecule has 0 radical (unpaired) electrons. The van der Waals surface area contributed by atoms with E-state index in [-0.39, 0.29) is 5.60 Å². The first kappa shape index (κ1) is 12.0. The summed E-state index contributed by atoms with van der Waals surface area (Å²) in [6.45, 7) is 6.45. The molecule has 0 spiro atoms. The largest absolute Gasteiger partial charge is 0.374 e. The van der Waals surface area contributed by atoms with Crippen molar-refractivity contribution in [2.24, 2.45) is 5.92 Å². The molecule has 0 amide bonds. The first-order valence-electron chi connectivity index (χ1n) is 5.97. The first-order chi connectivity index (χ1) is 6.68. The standard InChI is InChI=1S/C12H25NO/c1-11(2)6-9-14-12(10-13-3)7-4-5-8-12/h11,13H,4-10H2,1-3H3. The van der Waals surface area contributed by atoms with E-state index >= 15 is 0 Å². The van der Waals surface area contributed by atoms with Crippen LogP contribution < -0.4 is 5.32 Å². The highest BCUT2D eigenvalue weighted by molar-refractivity contribution is 4.88. The van der Waals surface area contributed by atoms with Crippen LogP contribution in [0.5, 0.6) is 0 Å².